The molecule has 0 aliphatic rings. The Kier molecular flexibility index (Phi) is 5.47. The number of aromatic nitrogens is 1. The predicted molar refractivity (Wildman–Crippen MR) is 54.5 cm³/mol. The van der Waals surface area contributed by atoms with Crippen LogP contribution in [0.5, 0.6) is 5.88 Å². The second-order valence-electron chi connectivity index (χ2n) is 3.26. The topological polar surface area (TPSA) is 78.4 Å². The molecule has 1 rings (SSSR count). The molecule has 5 nitrogen and oxygen atoms in total. The summed E-state index contributed by atoms with van der Waals surface area (Å²) in [5, 5.41) is 3.53. The molecule has 0 radical (unpaired) electrons. The largest absolute Gasteiger partial charge is 0.468 e. The van der Waals surface area contributed by atoms with Crippen molar-refractivity contribution in [1.82, 2.24) is 5.16 Å². The van der Waals surface area contributed by atoms with Crippen LogP contribution in [0.4, 0.5) is 0 Å². The lowest BCUT2D eigenvalue weighted by Gasteiger charge is -2.01. The number of carbonyl (C=O) groups is 1. The fourth-order valence-corrected chi connectivity index (χ4v) is 1.15. The van der Waals surface area contributed by atoms with Crippen LogP contribution in [0.3, 0.4) is 0 Å². The van der Waals surface area contributed by atoms with Gasteiger partial charge in [0.2, 0.25) is 0 Å². The van der Waals surface area contributed by atoms with Gasteiger partial charge in [-0.05, 0) is 24.5 Å². The van der Waals surface area contributed by atoms with Gasteiger partial charge in [-0.25, -0.2) is 0 Å². The van der Waals surface area contributed by atoms with Crippen molar-refractivity contribution in [3.63, 3.8) is 0 Å². The highest BCUT2D eigenvalue weighted by Gasteiger charge is 2.04. The second kappa shape index (κ2) is 7.00. The zero-order chi connectivity index (χ0) is 10.9. The first-order valence-corrected chi connectivity index (χ1v) is 5.08. The lowest BCUT2D eigenvalue weighted by Crippen LogP contribution is -2.11. The van der Waals surface area contributed by atoms with Gasteiger partial charge < -0.3 is 15.0 Å². The molecule has 0 atom stereocenters. The third kappa shape index (κ3) is 5.17. The van der Waals surface area contributed by atoms with Crippen molar-refractivity contribution in [1.29, 1.82) is 0 Å². The van der Waals surface area contributed by atoms with Crippen LogP contribution in [0.15, 0.2) is 16.9 Å². The summed E-state index contributed by atoms with van der Waals surface area (Å²) in [5.41, 5.74) is 5.34. The van der Waals surface area contributed by atoms with E-state index in [0.717, 1.165) is 19.3 Å². The van der Waals surface area contributed by atoms with Gasteiger partial charge in [-0.2, -0.15) is 0 Å². The zero-order valence-corrected chi connectivity index (χ0v) is 8.65. The number of ketones is 1. The lowest BCUT2D eigenvalue weighted by molar-refractivity contribution is -0.121. The third-order valence-electron chi connectivity index (χ3n) is 1.95. The highest BCUT2D eigenvalue weighted by molar-refractivity contribution is 5.79. The van der Waals surface area contributed by atoms with E-state index in [1.807, 2.05) is 0 Å². The molecular formula is C10H16N2O3. The Labute approximate surface area is 88.6 Å². The average Bonchev–Trinajstić information content (AvgIpc) is 2.74. The SMILES string of the molecule is NCCCCCC(=O)COc1ccon1. The van der Waals surface area contributed by atoms with Gasteiger partial charge in [0.05, 0.1) is 0 Å². The van der Waals surface area contributed by atoms with E-state index in [1.54, 1.807) is 6.07 Å². The highest BCUT2D eigenvalue weighted by atomic mass is 16.5. The molecule has 0 amide bonds. The summed E-state index contributed by atoms with van der Waals surface area (Å²) in [4.78, 5) is 11.3. The van der Waals surface area contributed by atoms with E-state index >= 15 is 0 Å². The first kappa shape index (κ1) is 11.7. The van der Waals surface area contributed by atoms with Crippen LogP contribution in [0.25, 0.3) is 0 Å². The van der Waals surface area contributed by atoms with Gasteiger partial charge in [0.15, 0.2) is 5.78 Å². The van der Waals surface area contributed by atoms with Crippen molar-refractivity contribution in [3.05, 3.63) is 12.3 Å². The second-order valence-corrected chi connectivity index (χ2v) is 3.26. The maximum atomic E-state index is 11.3. The highest BCUT2D eigenvalue weighted by Crippen LogP contribution is 2.05. The summed E-state index contributed by atoms with van der Waals surface area (Å²) in [6.07, 6.45) is 4.78. The minimum atomic E-state index is 0.0646. The number of nitrogens with zero attached hydrogens (tertiary/aromatic N) is 1. The first-order chi connectivity index (χ1) is 7.33. The van der Waals surface area contributed by atoms with Crippen LogP contribution in [0, 0.1) is 0 Å². The molecule has 84 valence electrons. The summed E-state index contributed by atoms with van der Waals surface area (Å²) in [6.45, 7) is 0.749. The first-order valence-electron chi connectivity index (χ1n) is 5.08. The Bertz CT molecular complexity index is 272. The lowest BCUT2D eigenvalue weighted by atomic mass is 10.1. The maximum Gasteiger partial charge on any atom is 0.254 e. The van der Waals surface area contributed by atoms with Crippen molar-refractivity contribution in [3.8, 4) is 5.88 Å². The summed E-state index contributed by atoms with van der Waals surface area (Å²) in [5.74, 6) is 0.431. The molecule has 0 aliphatic carbocycles. The number of unbranched alkanes of at least 4 members (excludes halogenated alkanes) is 2. The molecular weight excluding hydrogens is 196 g/mol. The number of hydrogen-bond acceptors (Lipinski definition) is 5. The molecule has 0 saturated heterocycles. The van der Waals surface area contributed by atoms with E-state index in [0.29, 0.717) is 18.8 Å². The quantitative estimate of drug-likeness (QED) is 0.654. The molecule has 2 N–H and O–H groups in total. The molecule has 5 heteroatoms. The van der Waals surface area contributed by atoms with Crippen LogP contribution >= 0.6 is 0 Å². The number of nitrogens with two attached hydrogens (primary N) is 1. The van der Waals surface area contributed by atoms with Crippen molar-refractivity contribution < 1.29 is 14.1 Å². The van der Waals surface area contributed by atoms with Crippen molar-refractivity contribution in [2.75, 3.05) is 13.2 Å². The predicted octanol–water partition coefficient (Wildman–Crippen LogP) is 1.14. The molecule has 0 fully saturated rings. The Balaban J connectivity index is 2.04. The van der Waals surface area contributed by atoms with Crippen LogP contribution < -0.4 is 10.5 Å². The standard InChI is InChI=1S/C10H16N2O3/c11-6-3-1-2-4-9(13)8-14-10-5-7-15-12-10/h5,7H,1-4,6,8,11H2. The zero-order valence-electron chi connectivity index (χ0n) is 8.65. The van der Waals surface area contributed by atoms with Gasteiger partial charge >= 0.3 is 0 Å². The van der Waals surface area contributed by atoms with Crippen LogP contribution in [-0.2, 0) is 4.79 Å². The Hall–Kier alpha value is -1.36. The normalized spacial score (nSPS) is 10.2. The van der Waals surface area contributed by atoms with E-state index in [-0.39, 0.29) is 12.4 Å². The van der Waals surface area contributed by atoms with Crippen LogP contribution in [-0.4, -0.2) is 24.1 Å². The summed E-state index contributed by atoms with van der Waals surface area (Å²) < 4.78 is 9.65. The third-order valence-corrected chi connectivity index (χ3v) is 1.95. The minimum Gasteiger partial charge on any atom is -0.468 e. The fourth-order valence-electron chi connectivity index (χ4n) is 1.15. The van der Waals surface area contributed by atoms with Gasteiger partial charge in [-0.1, -0.05) is 6.42 Å². The number of carbonyl (C=O) groups excluding carboxylic acids is 1. The molecule has 0 unspecified atom stereocenters. The fraction of sp³-hybridized carbons (Fsp3) is 0.600. The van der Waals surface area contributed by atoms with E-state index < -0.39 is 0 Å². The van der Waals surface area contributed by atoms with Gasteiger partial charge in [0, 0.05) is 12.5 Å². The summed E-state index contributed by atoms with van der Waals surface area (Å²) in [7, 11) is 0. The Morgan fingerprint density at radius 2 is 2.33 bits per heavy atom. The Morgan fingerprint density at radius 3 is 3.00 bits per heavy atom. The van der Waals surface area contributed by atoms with E-state index in [2.05, 4.69) is 9.68 Å². The van der Waals surface area contributed by atoms with E-state index in [4.69, 9.17) is 10.5 Å². The monoisotopic (exact) mass is 212 g/mol. The van der Waals surface area contributed by atoms with Crippen LogP contribution in [0.2, 0.25) is 0 Å². The number of hydrogen-bond donors (Lipinski definition) is 1. The smallest absolute Gasteiger partial charge is 0.254 e. The number of rotatable bonds is 8. The van der Waals surface area contributed by atoms with Crippen molar-refractivity contribution in [2.24, 2.45) is 5.73 Å². The summed E-state index contributed by atoms with van der Waals surface area (Å²) in [6, 6.07) is 1.57. The van der Waals surface area contributed by atoms with Gasteiger partial charge in [-0.3, -0.25) is 4.79 Å². The molecule has 0 aromatic carbocycles. The molecule has 1 heterocycles. The molecule has 0 aliphatic heterocycles. The number of ether oxygens (including phenoxy) is 1. The minimum absolute atomic E-state index is 0.0646. The van der Waals surface area contributed by atoms with E-state index in [1.165, 1.54) is 6.26 Å². The van der Waals surface area contributed by atoms with Gasteiger partial charge in [0.1, 0.15) is 12.9 Å². The van der Waals surface area contributed by atoms with Gasteiger partial charge in [0.25, 0.3) is 5.88 Å². The van der Waals surface area contributed by atoms with E-state index in [9.17, 15) is 4.79 Å². The van der Waals surface area contributed by atoms with Crippen molar-refractivity contribution >= 4 is 5.78 Å². The van der Waals surface area contributed by atoms with Crippen LogP contribution in [0.1, 0.15) is 25.7 Å². The molecule has 15 heavy (non-hydrogen) atoms. The molecule has 1 aromatic rings. The summed E-state index contributed by atoms with van der Waals surface area (Å²) >= 11 is 0. The molecule has 0 bridgehead atoms. The Morgan fingerprint density at radius 1 is 1.47 bits per heavy atom. The maximum absolute atomic E-state index is 11.3. The number of Topliss-reactive ketones (excluding diaryl/α,β-unsaturated/α-hetero) is 1. The molecule has 0 saturated carbocycles. The van der Waals surface area contributed by atoms with Gasteiger partial charge in [-0.15, -0.1) is 0 Å². The average molecular weight is 212 g/mol. The molecule has 1 aromatic heterocycles. The molecule has 0 spiro atoms. The van der Waals surface area contributed by atoms with Crippen molar-refractivity contribution in [2.45, 2.75) is 25.7 Å².